The van der Waals surface area contributed by atoms with E-state index in [1.54, 1.807) is 0 Å². The summed E-state index contributed by atoms with van der Waals surface area (Å²) in [6, 6.07) is 8.25. The molecule has 1 aliphatic carbocycles. The second-order valence-corrected chi connectivity index (χ2v) is 7.65. The summed E-state index contributed by atoms with van der Waals surface area (Å²) in [5, 5.41) is 12.3. The normalized spacial score (nSPS) is 15.5. The van der Waals surface area contributed by atoms with E-state index in [1.165, 1.54) is 15.9 Å². The van der Waals surface area contributed by atoms with Crippen LogP contribution in [0, 0.1) is 25.2 Å². The van der Waals surface area contributed by atoms with Gasteiger partial charge in [0, 0.05) is 12.6 Å². The number of aromatic nitrogens is 1. The Bertz CT molecular complexity index is 1060. The van der Waals surface area contributed by atoms with Crippen LogP contribution in [0.2, 0.25) is 0 Å². The van der Waals surface area contributed by atoms with Crippen molar-refractivity contribution < 1.29 is 4.79 Å². The van der Waals surface area contributed by atoms with Gasteiger partial charge in [-0.25, -0.2) is 0 Å². The quantitative estimate of drug-likeness (QED) is 0.886. The van der Waals surface area contributed by atoms with Crippen molar-refractivity contribution in [2.24, 2.45) is 0 Å². The van der Waals surface area contributed by atoms with Gasteiger partial charge in [-0.05, 0) is 45.3 Å². The molecule has 2 aromatic rings. The minimum absolute atomic E-state index is 0.0147. The first-order valence-electron chi connectivity index (χ1n) is 8.68. The van der Waals surface area contributed by atoms with E-state index in [9.17, 15) is 14.9 Å². The average Bonchev–Trinajstić information content (AvgIpc) is 3.32. The molecule has 1 amide bonds. The largest absolute Gasteiger partial charge is 0.349 e. The van der Waals surface area contributed by atoms with Gasteiger partial charge < -0.3 is 5.32 Å². The summed E-state index contributed by atoms with van der Waals surface area (Å²) in [5.74, 6) is -0.392. The molecule has 1 N–H and O–H groups in total. The van der Waals surface area contributed by atoms with E-state index < -0.39 is 5.91 Å². The second kappa shape index (κ2) is 7.30. The van der Waals surface area contributed by atoms with Gasteiger partial charge in [0.25, 0.3) is 11.5 Å². The molecule has 1 heterocycles. The topological polar surface area (TPSA) is 74.9 Å². The van der Waals surface area contributed by atoms with Gasteiger partial charge in [0.1, 0.15) is 10.7 Å². The van der Waals surface area contributed by atoms with Crippen molar-refractivity contribution >= 4 is 28.9 Å². The summed E-state index contributed by atoms with van der Waals surface area (Å²) >= 11 is 1.20. The van der Waals surface area contributed by atoms with E-state index in [4.69, 9.17) is 0 Å². The molecule has 0 radical (unpaired) electrons. The van der Waals surface area contributed by atoms with Gasteiger partial charge >= 0.3 is 0 Å². The van der Waals surface area contributed by atoms with Crippen molar-refractivity contribution in [1.29, 1.82) is 5.26 Å². The lowest BCUT2D eigenvalue weighted by Gasteiger charge is -2.01. The summed E-state index contributed by atoms with van der Waals surface area (Å²) in [6.07, 6.45) is 3.72. The van der Waals surface area contributed by atoms with Crippen molar-refractivity contribution in [3.8, 4) is 6.07 Å². The summed E-state index contributed by atoms with van der Waals surface area (Å²) in [4.78, 5) is 25.1. The first-order valence-corrected chi connectivity index (χ1v) is 9.49. The number of aryl methyl sites for hydroxylation is 2. The fourth-order valence-corrected chi connectivity index (χ4v) is 4.08. The number of carbonyl (C=O) groups is 1. The third kappa shape index (κ3) is 3.78. The maximum Gasteiger partial charge on any atom is 0.269 e. The third-order valence-electron chi connectivity index (χ3n) is 4.23. The smallest absolute Gasteiger partial charge is 0.269 e. The molecule has 1 saturated carbocycles. The number of rotatable bonds is 4. The molecular weight excluding hydrogens is 346 g/mol. The zero-order valence-electron chi connectivity index (χ0n) is 15.1. The molecule has 0 atom stereocenters. The number of carbonyl (C=O) groups excluding carboxylic acids is 1. The zero-order valence-corrected chi connectivity index (χ0v) is 15.9. The highest BCUT2D eigenvalue weighted by Gasteiger charge is 2.25. The molecule has 26 heavy (non-hydrogen) atoms. The minimum Gasteiger partial charge on any atom is -0.349 e. The van der Waals surface area contributed by atoms with E-state index in [-0.39, 0.29) is 17.2 Å². The Kier molecular flexibility index (Phi) is 5.10. The third-order valence-corrected chi connectivity index (χ3v) is 5.36. The maximum atomic E-state index is 12.8. The lowest BCUT2D eigenvalue weighted by atomic mass is 10.1. The number of benzene rings is 1. The van der Waals surface area contributed by atoms with Gasteiger partial charge in [0.15, 0.2) is 5.57 Å². The Balaban J connectivity index is 2.19. The van der Waals surface area contributed by atoms with Crippen LogP contribution in [0.15, 0.2) is 23.0 Å². The maximum absolute atomic E-state index is 12.8. The first kappa shape index (κ1) is 18.2. The Morgan fingerprint density at radius 2 is 2.00 bits per heavy atom. The van der Waals surface area contributed by atoms with Gasteiger partial charge in [-0.15, -0.1) is 11.3 Å². The summed E-state index contributed by atoms with van der Waals surface area (Å²) in [5.41, 5.74) is 3.03. The lowest BCUT2D eigenvalue weighted by Crippen LogP contribution is -2.35. The molecule has 0 aliphatic heterocycles. The fraction of sp³-hybridized carbons (Fsp3) is 0.350. The molecule has 134 valence electrons. The highest BCUT2D eigenvalue weighted by molar-refractivity contribution is 7.07. The average molecular weight is 367 g/mol. The number of hydrogen-bond donors (Lipinski definition) is 1. The molecule has 0 unspecified atom stereocenters. The van der Waals surface area contributed by atoms with Crippen LogP contribution < -0.4 is 20.1 Å². The van der Waals surface area contributed by atoms with Crippen LogP contribution in [0.3, 0.4) is 0 Å². The van der Waals surface area contributed by atoms with Crippen LogP contribution >= 0.6 is 11.3 Å². The summed E-state index contributed by atoms with van der Waals surface area (Å²) < 4.78 is 2.46. The fourth-order valence-electron chi connectivity index (χ4n) is 2.92. The number of nitrogens with zero attached hydrogens (tertiary/aromatic N) is 2. The van der Waals surface area contributed by atoms with E-state index in [1.807, 2.05) is 45.0 Å². The van der Waals surface area contributed by atoms with Crippen LogP contribution in [-0.2, 0) is 11.3 Å². The van der Waals surface area contributed by atoms with Gasteiger partial charge in [-0.2, -0.15) is 5.26 Å². The summed E-state index contributed by atoms with van der Waals surface area (Å²) in [6.45, 7) is 6.27. The molecule has 1 aromatic heterocycles. The van der Waals surface area contributed by atoms with Gasteiger partial charge in [-0.3, -0.25) is 14.2 Å². The van der Waals surface area contributed by atoms with E-state index in [0.29, 0.717) is 15.7 Å². The predicted octanol–water partition coefficient (Wildman–Crippen LogP) is 1.33. The first-order chi connectivity index (χ1) is 12.4. The molecule has 0 bridgehead atoms. The number of amides is 1. The standard InChI is InChI=1S/C20H21N3O2S/c1-4-23-19(25)17(10-14-8-12(2)7-13(3)9-14)26-20(23)16(11-21)18(24)22-15-5-6-15/h7-10,15H,4-6H2,1-3H3,(H,22,24)/b17-10-,20-16+. The number of thiazole rings is 1. The van der Waals surface area contributed by atoms with Crippen LogP contribution in [0.5, 0.6) is 0 Å². The van der Waals surface area contributed by atoms with Crippen molar-refractivity contribution in [2.75, 3.05) is 0 Å². The minimum atomic E-state index is -0.392. The predicted molar refractivity (Wildman–Crippen MR) is 103 cm³/mol. The zero-order chi connectivity index (χ0) is 18.8. The Morgan fingerprint density at radius 3 is 2.54 bits per heavy atom. The second-order valence-electron chi connectivity index (χ2n) is 6.62. The van der Waals surface area contributed by atoms with Gasteiger partial charge in [0.2, 0.25) is 0 Å². The van der Waals surface area contributed by atoms with Crippen LogP contribution in [0.4, 0.5) is 0 Å². The lowest BCUT2D eigenvalue weighted by molar-refractivity contribution is -0.115. The highest BCUT2D eigenvalue weighted by atomic mass is 32.1. The van der Waals surface area contributed by atoms with E-state index in [0.717, 1.165) is 29.5 Å². The molecule has 5 nitrogen and oxygen atoms in total. The van der Waals surface area contributed by atoms with Crippen molar-refractivity contribution in [1.82, 2.24) is 9.88 Å². The monoisotopic (exact) mass is 367 g/mol. The molecule has 3 rings (SSSR count). The molecular formula is C20H21N3O2S. The van der Waals surface area contributed by atoms with Crippen LogP contribution in [-0.4, -0.2) is 16.5 Å². The molecule has 1 aliphatic rings. The Hall–Kier alpha value is -2.65. The molecule has 1 aromatic carbocycles. The number of nitrogens with one attached hydrogen (secondary N) is 1. The molecule has 0 saturated heterocycles. The Morgan fingerprint density at radius 1 is 1.35 bits per heavy atom. The SMILES string of the molecule is CCn1c(=O)/c(=C/c2cc(C)cc(C)c2)s/c1=C(\C#N)C(=O)NC1CC1. The van der Waals surface area contributed by atoms with Crippen molar-refractivity contribution in [3.05, 3.63) is 54.4 Å². The molecule has 6 heteroatoms. The number of hydrogen-bond acceptors (Lipinski definition) is 4. The van der Waals surface area contributed by atoms with Gasteiger partial charge in [-0.1, -0.05) is 29.3 Å². The molecule has 0 spiro atoms. The van der Waals surface area contributed by atoms with E-state index >= 15 is 0 Å². The molecule has 1 fully saturated rings. The number of nitriles is 1. The van der Waals surface area contributed by atoms with Crippen molar-refractivity contribution in [2.45, 2.75) is 46.2 Å². The van der Waals surface area contributed by atoms with Crippen LogP contribution in [0.1, 0.15) is 36.5 Å². The Labute approximate surface area is 155 Å². The van der Waals surface area contributed by atoms with Gasteiger partial charge in [0.05, 0.1) is 4.53 Å². The van der Waals surface area contributed by atoms with E-state index in [2.05, 4.69) is 11.4 Å². The van der Waals surface area contributed by atoms with Crippen molar-refractivity contribution in [3.63, 3.8) is 0 Å². The highest BCUT2D eigenvalue weighted by Crippen LogP contribution is 2.19. The van der Waals surface area contributed by atoms with Crippen LogP contribution in [0.25, 0.3) is 11.6 Å². The summed E-state index contributed by atoms with van der Waals surface area (Å²) in [7, 11) is 0.